The van der Waals surface area contributed by atoms with E-state index >= 15 is 0 Å². The van der Waals surface area contributed by atoms with Gasteiger partial charge in [-0.1, -0.05) is 161 Å². The molecule has 73 heavy (non-hydrogen) atoms. The van der Waals surface area contributed by atoms with Gasteiger partial charge in [0.25, 0.3) is 0 Å². The van der Waals surface area contributed by atoms with Crippen LogP contribution < -0.4 is 4.72 Å². The predicted molar refractivity (Wildman–Crippen MR) is 294 cm³/mol. The molecule has 3 aliphatic rings. The Bertz CT molecular complexity index is 3050. The summed E-state index contributed by atoms with van der Waals surface area (Å²) < 4.78 is 25.0. The number of hydrogen-bond donors (Lipinski definition) is 2. The van der Waals surface area contributed by atoms with Gasteiger partial charge in [0.15, 0.2) is 0 Å². The van der Waals surface area contributed by atoms with Gasteiger partial charge in [-0.25, -0.2) is 13.1 Å². The normalized spacial score (nSPS) is 16.5. The van der Waals surface area contributed by atoms with Crippen molar-refractivity contribution in [3.05, 3.63) is 206 Å². The van der Waals surface area contributed by atoms with Crippen LogP contribution in [0.25, 0.3) is 0 Å². The Labute approximate surface area is 462 Å². The Kier molecular flexibility index (Phi) is 18.9. The molecule has 18 heteroatoms. The molecule has 2 N–H and O–H groups in total. The van der Waals surface area contributed by atoms with Crippen molar-refractivity contribution in [1.29, 1.82) is 0 Å². The fourth-order valence-electron chi connectivity index (χ4n) is 9.39. The van der Waals surface area contributed by atoms with E-state index in [4.69, 9.17) is 81.2 Å². The van der Waals surface area contributed by atoms with E-state index in [-0.39, 0.29) is 68.3 Å². The van der Waals surface area contributed by atoms with Crippen molar-refractivity contribution in [2.45, 2.75) is 96.8 Å². The minimum Gasteiger partial charge on any atom is -0.392 e. The number of benzene rings is 6. The molecule has 6 aromatic rings. The molecule has 0 bridgehead atoms. The minimum absolute atomic E-state index is 0.0127. The Balaban J connectivity index is 0.000000161. The number of amides is 3. The summed E-state index contributed by atoms with van der Waals surface area (Å²) in [7, 11) is -3.35. The van der Waals surface area contributed by atoms with E-state index in [2.05, 4.69) is 22.9 Å². The second-order valence-electron chi connectivity index (χ2n) is 18.1. The number of carbonyl (C=O) groups is 3. The zero-order valence-corrected chi connectivity index (χ0v) is 46.5. The summed E-state index contributed by atoms with van der Waals surface area (Å²) in [6.45, 7) is 7.72. The fraction of sp³-hybridized carbons (Fsp3) is 0.291. The van der Waals surface area contributed by atoms with Crippen molar-refractivity contribution in [1.82, 2.24) is 19.4 Å². The fourth-order valence-corrected chi connectivity index (χ4v) is 11.8. The first kappa shape index (κ1) is 56.4. The quantitative estimate of drug-likeness (QED) is 0.124. The van der Waals surface area contributed by atoms with Crippen molar-refractivity contribution in [2.24, 2.45) is 0 Å². The monoisotopic (exact) mass is 1140 g/mol. The lowest BCUT2D eigenvalue weighted by Crippen LogP contribution is -2.30. The maximum atomic E-state index is 12.9. The Hall–Kier alpha value is -4.37. The van der Waals surface area contributed by atoms with Gasteiger partial charge in [0.2, 0.25) is 27.7 Å². The molecule has 0 aliphatic carbocycles. The van der Waals surface area contributed by atoms with Crippen molar-refractivity contribution >= 4 is 109 Å². The largest absolute Gasteiger partial charge is 0.392 e. The molecule has 3 heterocycles. The molecule has 6 aromatic carbocycles. The van der Waals surface area contributed by atoms with Crippen molar-refractivity contribution in [3.63, 3.8) is 0 Å². The lowest BCUT2D eigenvalue weighted by atomic mass is 10.1. The predicted octanol–water partition coefficient (Wildman–Crippen LogP) is 13.2. The van der Waals surface area contributed by atoms with E-state index < -0.39 is 10.0 Å². The number of hydrogen-bond acceptors (Lipinski definition) is 6. The van der Waals surface area contributed by atoms with Crippen LogP contribution in [0.2, 0.25) is 30.1 Å². The first-order valence-electron chi connectivity index (χ1n) is 23.3. The average molecular weight is 1150 g/mol. The lowest BCUT2D eigenvalue weighted by Gasteiger charge is -2.23. The SMILES string of the molecule is C[C@H]1c2ccccc2CN1C(=O)Cc1c(Cl)ccc(CCl)c1Cl.C[C@H]1c2ccccc2CN1C(=O)Cc1c(Cl)ccc(CNS(C)(=O)=O)c1Cl.C[C@H]1c2ccccc2CN1C(=O)Cc1c(Cl)ccc(CO)c1Cl. The second-order valence-corrected chi connectivity index (χ2v) is 22.6. The summed E-state index contributed by atoms with van der Waals surface area (Å²) >= 11 is 43.6. The van der Waals surface area contributed by atoms with E-state index in [0.29, 0.717) is 83.5 Å². The molecule has 0 saturated carbocycles. The third kappa shape index (κ3) is 13.0. The molecule has 3 amide bonds. The maximum Gasteiger partial charge on any atom is 0.227 e. The zero-order chi connectivity index (χ0) is 52.9. The highest BCUT2D eigenvalue weighted by Gasteiger charge is 2.33. The molecular formula is C55H53Cl7N4O6S. The number of rotatable bonds is 11. The van der Waals surface area contributed by atoms with Crippen LogP contribution in [0.4, 0.5) is 0 Å². The number of nitrogens with one attached hydrogen (secondary N) is 1. The minimum atomic E-state index is -3.35. The summed E-state index contributed by atoms with van der Waals surface area (Å²) in [5, 5.41) is 11.8. The smallest absolute Gasteiger partial charge is 0.227 e. The standard InChI is InChI=1S/C19H20Cl2N2O3S.C18H16Cl3NO.C18H17Cl2NO2/c1-12-15-6-4-3-5-14(15)11-23(12)18(24)9-16-17(20)8-7-13(19(16)21)10-22-27(2,25)26;1-11-14-5-3-2-4-13(14)10-22(11)17(23)8-15-16(20)7-6-12(9-19)18(15)21;1-11-14-5-3-2-4-12(14)9-21(11)17(23)8-15-16(19)7-6-13(10-22)18(15)20/h3-8,12,22H,9-11H2,1-2H3;2-7,11H,8-10H2,1H3;2-7,11,22H,8-10H2,1H3/t12-;2*11-/m000/s1. The van der Waals surface area contributed by atoms with E-state index in [0.717, 1.165) is 22.9 Å². The Morgan fingerprint density at radius 3 is 1.16 bits per heavy atom. The summed E-state index contributed by atoms with van der Waals surface area (Å²) in [6.07, 6.45) is 1.45. The van der Waals surface area contributed by atoms with Crippen LogP contribution in [0.1, 0.15) is 106 Å². The highest BCUT2D eigenvalue weighted by molar-refractivity contribution is 7.88. The van der Waals surface area contributed by atoms with Crippen LogP contribution in [-0.2, 0) is 82.3 Å². The summed E-state index contributed by atoms with van der Waals surface area (Å²) in [5.74, 6) is 0.218. The molecule has 0 unspecified atom stereocenters. The van der Waals surface area contributed by atoms with E-state index in [1.165, 1.54) is 22.3 Å². The van der Waals surface area contributed by atoms with Gasteiger partial charge in [-0.3, -0.25) is 14.4 Å². The Morgan fingerprint density at radius 2 is 0.836 bits per heavy atom. The van der Waals surface area contributed by atoms with Gasteiger partial charge in [-0.15, -0.1) is 11.6 Å². The molecule has 0 aromatic heterocycles. The lowest BCUT2D eigenvalue weighted by molar-refractivity contribution is -0.133. The number of alkyl halides is 1. The van der Waals surface area contributed by atoms with Gasteiger partial charge in [0.05, 0.1) is 65.3 Å². The van der Waals surface area contributed by atoms with Crippen molar-refractivity contribution in [2.75, 3.05) is 6.26 Å². The van der Waals surface area contributed by atoms with Gasteiger partial charge in [-0.2, -0.15) is 0 Å². The van der Waals surface area contributed by atoms with Gasteiger partial charge in [-0.05, 0) is 106 Å². The van der Waals surface area contributed by atoms with Crippen LogP contribution in [0.5, 0.6) is 0 Å². The zero-order valence-electron chi connectivity index (χ0n) is 40.4. The molecule has 10 nitrogen and oxygen atoms in total. The molecule has 3 atom stereocenters. The number of carbonyl (C=O) groups excluding carboxylic acids is 3. The van der Waals surface area contributed by atoms with Crippen LogP contribution in [-0.4, -0.2) is 52.2 Å². The van der Waals surface area contributed by atoms with Crippen LogP contribution in [0, 0.1) is 0 Å². The Morgan fingerprint density at radius 1 is 0.521 bits per heavy atom. The first-order valence-corrected chi connectivity index (χ1v) is 28.0. The van der Waals surface area contributed by atoms with Crippen molar-refractivity contribution < 1.29 is 27.9 Å². The van der Waals surface area contributed by atoms with Crippen LogP contribution in [0.15, 0.2) is 109 Å². The second kappa shape index (κ2) is 24.5. The average Bonchev–Trinajstić information content (AvgIpc) is 4.02. The maximum absolute atomic E-state index is 12.9. The number of aliphatic hydroxyl groups excluding tert-OH is 1. The summed E-state index contributed by atoms with van der Waals surface area (Å²) in [5.41, 5.74) is 10.7. The number of fused-ring (bicyclic) bond motifs is 3. The van der Waals surface area contributed by atoms with Gasteiger partial charge >= 0.3 is 0 Å². The van der Waals surface area contributed by atoms with Gasteiger partial charge in [0, 0.05) is 47.1 Å². The third-order valence-electron chi connectivity index (χ3n) is 13.5. The van der Waals surface area contributed by atoms with E-state index in [1.54, 1.807) is 41.3 Å². The number of nitrogens with zero attached hydrogens (tertiary/aromatic N) is 3. The van der Waals surface area contributed by atoms with E-state index in [9.17, 15) is 27.9 Å². The molecule has 0 fully saturated rings. The first-order chi connectivity index (χ1) is 34.7. The molecule has 9 rings (SSSR count). The third-order valence-corrected chi connectivity index (χ3v) is 17.0. The van der Waals surface area contributed by atoms with E-state index in [1.807, 2.05) is 85.2 Å². The van der Waals surface area contributed by atoms with Gasteiger partial charge < -0.3 is 19.8 Å². The molecule has 0 saturated heterocycles. The molecular weight excluding hydrogens is 1090 g/mol. The summed E-state index contributed by atoms with van der Waals surface area (Å²) in [6, 6.07) is 34.5. The van der Waals surface area contributed by atoms with Crippen LogP contribution >= 0.6 is 81.2 Å². The highest BCUT2D eigenvalue weighted by atomic mass is 35.5. The molecule has 0 spiro atoms. The molecule has 0 radical (unpaired) electrons. The summed E-state index contributed by atoms with van der Waals surface area (Å²) in [4.78, 5) is 43.9. The highest BCUT2D eigenvalue weighted by Crippen LogP contribution is 2.39. The van der Waals surface area contributed by atoms with Crippen molar-refractivity contribution in [3.8, 4) is 0 Å². The van der Waals surface area contributed by atoms with Crippen LogP contribution in [0.3, 0.4) is 0 Å². The number of halogens is 7. The topological polar surface area (TPSA) is 127 Å². The number of sulfonamides is 1. The molecule has 384 valence electrons. The number of aliphatic hydroxyl groups is 1. The van der Waals surface area contributed by atoms with Gasteiger partial charge in [0.1, 0.15) is 0 Å². The molecule has 3 aliphatic heterocycles.